The monoisotopic (exact) mass is 362 g/mol. The normalized spacial score (nSPS) is 20.4. The Morgan fingerprint density at radius 2 is 2.16 bits per heavy atom. The van der Waals surface area contributed by atoms with E-state index in [9.17, 15) is 4.79 Å². The lowest BCUT2D eigenvalue weighted by Gasteiger charge is -2.31. The Balaban J connectivity index is 1.80. The minimum absolute atomic E-state index is 0.133. The number of tetrazole rings is 1. The number of benzene rings is 1. The van der Waals surface area contributed by atoms with E-state index in [1.807, 2.05) is 26.0 Å². The fourth-order valence-corrected chi connectivity index (χ4v) is 3.80. The summed E-state index contributed by atoms with van der Waals surface area (Å²) in [5.41, 5.74) is 1.97. The van der Waals surface area contributed by atoms with Crippen LogP contribution in [0.25, 0.3) is 5.69 Å². The van der Waals surface area contributed by atoms with Gasteiger partial charge in [0.25, 0.3) is 0 Å². The van der Waals surface area contributed by atoms with Gasteiger partial charge in [-0.15, -0.1) is 5.10 Å². The van der Waals surface area contributed by atoms with Crippen molar-refractivity contribution in [3.8, 4) is 5.69 Å². The van der Waals surface area contributed by atoms with E-state index in [1.165, 1.54) is 18.4 Å². The van der Waals surface area contributed by atoms with E-state index < -0.39 is 0 Å². The van der Waals surface area contributed by atoms with E-state index in [1.54, 1.807) is 4.68 Å². The molecule has 2 atom stereocenters. The van der Waals surface area contributed by atoms with Crippen LogP contribution in [0.1, 0.15) is 56.3 Å². The van der Waals surface area contributed by atoms with Crippen LogP contribution in [0.15, 0.2) is 18.2 Å². The number of aromatic nitrogens is 4. The molecule has 0 radical (unpaired) electrons. The molecule has 0 N–H and O–H groups in total. The summed E-state index contributed by atoms with van der Waals surface area (Å²) < 4.78 is 7.04. The molecule has 0 spiro atoms. The fraction of sp³-hybridized carbons (Fsp3) is 0.556. The van der Waals surface area contributed by atoms with Crippen molar-refractivity contribution in [1.29, 1.82) is 0 Å². The average molecular weight is 363 g/mol. The Kier molecular flexibility index (Phi) is 5.68. The highest BCUT2D eigenvalue weighted by atomic mass is 35.5. The van der Waals surface area contributed by atoms with Crippen LogP contribution in [0.3, 0.4) is 0 Å². The lowest BCUT2D eigenvalue weighted by atomic mass is 9.76. The molecule has 1 aromatic carbocycles. The second kappa shape index (κ2) is 7.95. The number of hydrogen-bond acceptors (Lipinski definition) is 5. The van der Waals surface area contributed by atoms with E-state index in [0.29, 0.717) is 35.7 Å². The maximum Gasteiger partial charge on any atom is 0.305 e. The maximum absolute atomic E-state index is 11.5. The maximum atomic E-state index is 11.5. The molecule has 3 rings (SSSR count). The summed E-state index contributed by atoms with van der Waals surface area (Å²) in [6, 6.07) is 6.06. The van der Waals surface area contributed by atoms with Crippen LogP contribution in [-0.2, 0) is 9.53 Å². The van der Waals surface area contributed by atoms with Crippen LogP contribution >= 0.6 is 11.6 Å². The second-order valence-corrected chi connectivity index (χ2v) is 6.94. The van der Waals surface area contributed by atoms with Gasteiger partial charge in [-0.1, -0.05) is 37.4 Å². The van der Waals surface area contributed by atoms with Crippen LogP contribution in [0.4, 0.5) is 0 Å². The molecule has 1 aliphatic carbocycles. The number of rotatable bonds is 5. The zero-order valence-corrected chi connectivity index (χ0v) is 15.4. The van der Waals surface area contributed by atoms with Gasteiger partial charge in [0.1, 0.15) is 0 Å². The first-order valence-electron chi connectivity index (χ1n) is 8.80. The van der Waals surface area contributed by atoms with Crippen LogP contribution in [-0.4, -0.2) is 32.8 Å². The molecule has 6 nitrogen and oxygen atoms in total. The topological polar surface area (TPSA) is 69.9 Å². The molecule has 134 valence electrons. The third-order valence-electron chi connectivity index (χ3n) is 4.91. The molecule has 25 heavy (non-hydrogen) atoms. The van der Waals surface area contributed by atoms with Crippen molar-refractivity contribution < 1.29 is 9.53 Å². The van der Waals surface area contributed by atoms with Gasteiger partial charge in [0, 0.05) is 6.42 Å². The third-order valence-corrected chi connectivity index (χ3v) is 5.21. The summed E-state index contributed by atoms with van der Waals surface area (Å²) in [4.78, 5) is 11.5. The second-order valence-electron chi connectivity index (χ2n) is 6.54. The highest BCUT2D eigenvalue weighted by Gasteiger charge is 2.28. The third kappa shape index (κ3) is 4.00. The number of esters is 1. The number of carbonyl (C=O) groups excluding carboxylic acids is 1. The molecule has 2 aromatic rings. The summed E-state index contributed by atoms with van der Waals surface area (Å²) in [6.45, 7) is 4.15. The average Bonchev–Trinajstić information content (AvgIpc) is 3.05. The van der Waals surface area contributed by atoms with E-state index >= 15 is 0 Å². The Labute approximate surface area is 152 Å². The van der Waals surface area contributed by atoms with E-state index in [-0.39, 0.29) is 5.97 Å². The number of nitrogens with zero attached hydrogens (tertiary/aromatic N) is 4. The largest absolute Gasteiger partial charge is 0.465 e. The van der Waals surface area contributed by atoms with Gasteiger partial charge in [-0.3, -0.25) is 4.79 Å². The molecule has 1 heterocycles. The molecule has 1 aromatic heterocycles. The van der Waals surface area contributed by atoms with Crippen molar-refractivity contribution >= 4 is 17.6 Å². The van der Waals surface area contributed by atoms with Gasteiger partial charge in [0.15, 0.2) is 5.82 Å². The minimum atomic E-state index is -0.133. The van der Waals surface area contributed by atoms with Crippen LogP contribution in [0.5, 0.6) is 0 Å². The molecule has 1 aliphatic rings. The quantitative estimate of drug-likeness (QED) is 0.755. The van der Waals surface area contributed by atoms with Crippen molar-refractivity contribution in [2.75, 3.05) is 6.61 Å². The Morgan fingerprint density at radius 3 is 2.84 bits per heavy atom. The van der Waals surface area contributed by atoms with Crippen molar-refractivity contribution in [3.05, 3.63) is 34.6 Å². The molecule has 0 saturated heterocycles. The predicted molar refractivity (Wildman–Crippen MR) is 94.9 cm³/mol. The lowest BCUT2D eigenvalue weighted by molar-refractivity contribution is -0.145. The molecule has 7 heteroatoms. The number of halogens is 1. The standard InChI is InChI=1S/C18H23ClN4O2/c1-3-18(24)25-11-14-6-4-5-7-15(14)13-8-9-17(16(19)10-13)23-12(2)20-21-22-23/h8-10,14-15H,3-7,11H2,1-2H3. The van der Waals surface area contributed by atoms with Gasteiger partial charge in [-0.05, 0) is 59.7 Å². The summed E-state index contributed by atoms with van der Waals surface area (Å²) in [6.07, 6.45) is 4.96. The SMILES string of the molecule is CCC(=O)OCC1CCCCC1c1ccc(-n2nnnc2C)c(Cl)c1. The van der Waals surface area contributed by atoms with Crippen molar-refractivity contribution in [2.24, 2.45) is 5.92 Å². The minimum Gasteiger partial charge on any atom is -0.465 e. The zero-order chi connectivity index (χ0) is 17.8. The van der Waals surface area contributed by atoms with E-state index in [4.69, 9.17) is 16.3 Å². The van der Waals surface area contributed by atoms with Crippen molar-refractivity contribution in [1.82, 2.24) is 20.2 Å². The Morgan fingerprint density at radius 1 is 1.36 bits per heavy atom. The summed E-state index contributed by atoms with van der Waals surface area (Å²) >= 11 is 6.51. The molecule has 0 bridgehead atoms. The van der Waals surface area contributed by atoms with E-state index in [2.05, 4.69) is 21.6 Å². The zero-order valence-electron chi connectivity index (χ0n) is 14.6. The molecule has 0 aliphatic heterocycles. The van der Waals surface area contributed by atoms with Gasteiger partial charge in [-0.25, -0.2) is 0 Å². The van der Waals surface area contributed by atoms with Crippen LogP contribution in [0, 0.1) is 12.8 Å². The highest BCUT2D eigenvalue weighted by molar-refractivity contribution is 6.32. The van der Waals surface area contributed by atoms with Gasteiger partial charge >= 0.3 is 5.97 Å². The molecular weight excluding hydrogens is 340 g/mol. The highest BCUT2D eigenvalue weighted by Crippen LogP contribution is 2.39. The number of ether oxygens (including phenoxy) is 1. The van der Waals surface area contributed by atoms with E-state index in [0.717, 1.165) is 18.5 Å². The van der Waals surface area contributed by atoms with Crippen LogP contribution in [0.2, 0.25) is 5.02 Å². The molecule has 2 unspecified atom stereocenters. The van der Waals surface area contributed by atoms with Crippen LogP contribution < -0.4 is 0 Å². The van der Waals surface area contributed by atoms with Crippen molar-refractivity contribution in [3.63, 3.8) is 0 Å². The van der Waals surface area contributed by atoms with Gasteiger partial charge in [0.05, 0.1) is 17.3 Å². The first kappa shape index (κ1) is 17.9. The van der Waals surface area contributed by atoms with Gasteiger partial charge in [0.2, 0.25) is 0 Å². The smallest absolute Gasteiger partial charge is 0.305 e. The molecule has 0 amide bonds. The number of aryl methyl sites for hydroxylation is 1. The Hall–Kier alpha value is -1.95. The Bertz CT molecular complexity index is 746. The molecule has 1 saturated carbocycles. The lowest BCUT2D eigenvalue weighted by Crippen LogP contribution is -2.24. The first-order chi connectivity index (χ1) is 12.1. The number of carbonyl (C=O) groups is 1. The summed E-state index contributed by atoms with van der Waals surface area (Å²) in [7, 11) is 0. The summed E-state index contributed by atoms with van der Waals surface area (Å²) in [5.74, 6) is 1.27. The summed E-state index contributed by atoms with van der Waals surface area (Å²) in [5, 5.41) is 12.2. The predicted octanol–water partition coefficient (Wildman–Crippen LogP) is 3.85. The number of hydrogen-bond donors (Lipinski definition) is 0. The van der Waals surface area contributed by atoms with Gasteiger partial charge in [-0.2, -0.15) is 4.68 Å². The first-order valence-corrected chi connectivity index (χ1v) is 9.18. The van der Waals surface area contributed by atoms with Crippen molar-refractivity contribution in [2.45, 2.75) is 51.9 Å². The molecular formula is C18H23ClN4O2. The van der Waals surface area contributed by atoms with Gasteiger partial charge < -0.3 is 4.74 Å². The fourth-order valence-electron chi connectivity index (χ4n) is 3.53. The molecule has 1 fully saturated rings.